The van der Waals surface area contributed by atoms with Crippen molar-refractivity contribution < 1.29 is 9.53 Å². The van der Waals surface area contributed by atoms with Crippen molar-refractivity contribution in [3.63, 3.8) is 0 Å². The number of aromatic nitrogens is 1. The van der Waals surface area contributed by atoms with Crippen LogP contribution in [0.2, 0.25) is 0 Å². The molecule has 0 radical (unpaired) electrons. The highest BCUT2D eigenvalue weighted by Crippen LogP contribution is 2.18. The van der Waals surface area contributed by atoms with Gasteiger partial charge in [0.25, 0.3) is 11.5 Å². The third-order valence-electron chi connectivity index (χ3n) is 5.33. The van der Waals surface area contributed by atoms with Crippen LogP contribution in [0.1, 0.15) is 21.5 Å². The zero-order chi connectivity index (χ0) is 21.8. The SMILES string of the molecule is Cc1c(C(C=Nc2ccc(C(=O)N3CCOCC3)cc2)=NN)c(=O)[nH]c2ccccc12. The quantitative estimate of drug-likeness (QED) is 0.385. The van der Waals surface area contributed by atoms with Gasteiger partial charge in [-0.05, 0) is 42.8 Å². The van der Waals surface area contributed by atoms with Crippen molar-refractivity contribution in [1.29, 1.82) is 0 Å². The van der Waals surface area contributed by atoms with Crippen LogP contribution in [-0.4, -0.2) is 54.0 Å². The van der Waals surface area contributed by atoms with Gasteiger partial charge in [-0.2, -0.15) is 5.10 Å². The number of hydrogen-bond acceptors (Lipinski definition) is 6. The Kier molecular flexibility index (Phi) is 5.90. The molecule has 1 fully saturated rings. The third kappa shape index (κ3) is 4.24. The summed E-state index contributed by atoms with van der Waals surface area (Å²) >= 11 is 0. The second kappa shape index (κ2) is 8.93. The van der Waals surface area contributed by atoms with E-state index in [0.29, 0.717) is 43.1 Å². The van der Waals surface area contributed by atoms with Crippen LogP contribution in [0.25, 0.3) is 10.9 Å². The topological polar surface area (TPSA) is 113 Å². The third-order valence-corrected chi connectivity index (χ3v) is 5.33. The van der Waals surface area contributed by atoms with Gasteiger partial charge in [0.15, 0.2) is 0 Å². The van der Waals surface area contributed by atoms with Crippen LogP contribution < -0.4 is 11.4 Å². The Bertz CT molecular complexity index is 1220. The lowest BCUT2D eigenvalue weighted by atomic mass is 10.0. The van der Waals surface area contributed by atoms with E-state index in [4.69, 9.17) is 10.6 Å². The molecule has 0 atom stereocenters. The van der Waals surface area contributed by atoms with Gasteiger partial charge in [-0.3, -0.25) is 14.6 Å². The number of nitrogens with two attached hydrogens (primary N) is 1. The van der Waals surface area contributed by atoms with Crippen LogP contribution in [0.4, 0.5) is 5.69 Å². The van der Waals surface area contributed by atoms with Gasteiger partial charge in [-0.25, -0.2) is 0 Å². The number of aliphatic imine (C=N–C) groups is 1. The second-order valence-electron chi connectivity index (χ2n) is 7.22. The van der Waals surface area contributed by atoms with E-state index in [-0.39, 0.29) is 17.2 Å². The highest BCUT2D eigenvalue weighted by Gasteiger charge is 2.18. The van der Waals surface area contributed by atoms with Crippen LogP contribution >= 0.6 is 0 Å². The summed E-state index contributed by atoms with van der Waals surface area (Å²) in [6, 6.07) is 14.5. The predicted molar refractivity (Wildman–Crippen MR) is 121 cm³/mol. The summed E-state index contributed by atoms with van der Waals surface area (Å²) in [4.78, 5) is 34.2. The normalized spacial score (nSPS) is 15.0. The lowest BCUT2D eigenvalue weighted by Gasteiger charge is -2.26. The van der Waals surface area contributed by atoms with Gasteiger partial charge >= 0.3 is 0 Å². The number of aromatic amines is 1. The second-order valence-corrected chi connectivity index (χ2v) is 7.22. The lowest BCUT2D eigenvalue weighted by Crippen LogP contribution is -2.40. The van der Waals surface area contributed by atoms with Crippen LogP contribution in [0.5, 0.6) is 0 Å². The van der Waals surface area contributed by atoms with E-state index in [9.17, 15) is 9.59 Å². The number of hydrogen-bond donors (Lipinski definition) is 2. The van der Waals surface area contributed by atoms with Crippen molar-refractivity contribution in [3.05, 3.63) is 75.6 Å². The van der Waals surface area contributed by atoms with E-state index >= 15 is 0 Å². The molecule has 31 heavy (non-hydrogen) atoms. The number of rotatable bonds is 4. The molecule has 1 aliphatic heterocycles. The first-order chi connectivity index (χ1) is 15.1. The molecule has 0 bridgehead atoms. The molecule has 1 saturated heterocycles. The molecule has 8 heteroatoms. The number of benzene rings is 2. The molecule has 2 heterocycles. The summed E-state index contributed by atoms with van der Waals surface area (Å²) in [7, 11) is 0. The fraction of sp³-hybridized carbons (Fsp3) is 0.217. The van der Waals surface area contributed by atoms with E-state index in [1.54, 1.807) is 29.2 Å². The molecule has 8 nitrogen and oxygen atoms in total. The molecule has 3 N–H and O–H groups in total. The monoisotopic (exact) mass is 417 g/mol. The van der Waals surface area contributed by atoms with E-state index < -0.39 is 0 Å². The van der Waals surface area contributed by atoms with Crippen molar-refractivity contribution >= 4 is 34.4 Å². The maximum Gasteiger partial charge on any atom is 0.258 e. The van der Waals surface area contributed by atoms with Crippen molar-refractivity contribution in [2.75, 3.05) is 26.3 Å². The van der Waals surface area contributed by atoms with Crippen molar-refractivity contribution in [3.8, 4) is 0 Å². The smallest absolute Gasteiger partial charge is 0.258 e. The van der Waals surface area contributed by atoms with E-state index in [1.807, 2.05) is 31.2 Å². The lowest BCUT2D eigenvalue weighted by molar-refractivity contribution is 0.0303. The van der Waals surface area contributed by atoms with E-state index in [0.717, 1.165) is 16.5 Å². The number of hydrazone groups is 1. The largest absolute Gasteiger partial charge is 0.378 e. The highest BCUT2D eigenvalue weighted by molar-refractivity contribution is 6.39. The number of carbonyl (C=O) groups is 1. The van der Waals surface area contributed by atoms with Gasteiger partial charge < -0.3 is 20.5 Å². The Labute approximate surface area is 179 Å². The van der Waals surface area contributed by atoms with Crippen LogP contribution in [0, 0.1) is 6.92 Å². The Hall–Kier alpha value is -3.78. The number of morpholine rings is 1. The molecule has 2 aromatic carbocycles. The molecule has 4 rings (SSSR count). The Balaban J connectivity index is 1.57. The molecule has 1 amide bonds. The number of carbonyl (C=O) groups excluding carboxylic acids is 1. The summed E-state index contributed by atoms with van der Waals surface area (Å²) in [5.41, 5.74) is 3.12. The standard InChI is InChI=1S/C23H23N5O3/c1-15-18-4-2-3-5-19(18)26-22(29)21(15)20(27-24)14-25-17-8-6-16(7-9-17)23(30)28-10-12-31-13-11-28/h2-9,14H,10-13,24H2,1H3,(H,26,29). The van der Waals surface area contributed by atoms with Gasteiger partial charge in [0.2, 0.25) is 0 Å². The predicted octanol–water partition coefficient (Wildman–Crippen LogP) is 2.37. The van der Waals surface area contributed by atoms with Crippen LogP contribution in [0.3, 0.4) is 0 Å². The number of fused-ring (bicyclic) bond motifs is 1. The molecule has 0 spiro atoms. The summed E-state index contributed by atoms with van der Waals surface area (Å²) in [6.45, 7) is 4.16. The number of aryl methyl sites for hydroxylation is 1. The number of pyridine rings is 1. The molecule has 3 aromatic rings. The highest BCUT2D eigenvalue weighted by atomic mass is 16.5. The molecule has 1 aliphatic rings. The number of amides is 1. The minimum Gasteiger partial charge on any atom is -0.378 e. The first-order valence-corrected chi connectivity index (χ1v) is 9.99. The molecule has 1 aromatic heterocycles. The fourth-order valence-corrected chi connectivity index (χ4v) is 3.65. The van der Waals surface area contributed by atoms with Crippen LogP contribution in [0.15, 0.2) is 63.4 Å². The van der Waals surface area contributed by atoms with Crippen LogP contribution in [-0.2, 0) is 4.74 Å². The van der Waals surface area contributed by atoms with Gasteiger partial charge in [-0.15, -0.1) is 0 Å². The maximum atomic E-state index is 12.6. The summed E-state index contributed by atoms with van der Waals surface area (Å²) in [6.07, 6.45) is 1.46. The molecular weight excluding hydrogens is 394 g/mol. The fourth-order valence-electron chi connectivity index (χ4n) is 3.65. The summed E-state index contributed by atoms with van der Waals surface area (Å²) in [5, 5.41) is 4.70. The van der Waals surface area contributed by atoms with Gasteiger partial charge in [0.05, 0.1) is 30.7 Å². The molecule has 158 valence electrons. The number of ether oxygens (including phenoxy) is 1. The molecule has 0 aliphatic carbocycles. The average molecular weight is 417 g/mol. The Morgan fingerprint density at radius 1 is 1.13 bits per heavy atom. The van der Waals surface area contributed by atoms with Gasteiger partial charge in [0, 0.05) is 29.6 Å². The number of nitrogens with one attached hydrogen (secondary N) is 1. The van der Waals surface area contributed by atoms with Crippen molar-refractivity contribution in [1.82, 2.24) is 9.88 Å². The number of para-hydroxylation sites is 1. The van der Waals surface area contributed by atoms with Gasteiger partial charge in [0.1, 0.15) is 5.71 Å². The first-order valence-electron chi connectivity index (χ1n) is 9.99. The average Bonchev–Trinajstić information content (AvgIpc) is 2.81. The molecular formula is C23H23N5O3. The minimum atomic E-state index is -0.279. The molecule has 0 unspecified atom stereocenters. The van der Waals surface area contributed by atoms with E-state index in [1.165, 1.54) is 6.21 Å². The van der Waals surface area contributed by atoms with Gasteiger partial charge in [-0.1, -0.05) is 18.2 Å². The summed E-state index contributed by atoms with van der Waals surface area (Å²) in [5.74, 6) is 5.55. The number of nitrogens with zero attached hydrogens (tertiary/aromatic N) is 3. The Morgan fingerprint density at radius 3 is 2.55 bits per heavy atom. The van der Waals surface area contributed by atoms with E-state index in [2.05, 4.69) is 15.1 Å². The maximum absolute atomic E-state index is 12.6. The van der Waals surface area contributed by atoms with Crippen molar-refractivity contribution in [2.45, 2.75) is 6.92 Å². The number of H-pyrrole nitrogens is 1. The van der Waals surface area contributed by atoms with Crippen molar-refractivity contribution in [2.24, 2.45) is 15.9 Å². The summed E-state index contributed by atoms with van der Waals surface area (Å²) < 4.78 is 5.29. The first kappa shape index (κ1) is 20.5. The Morgan fingerprint density at radius 2 is 1.84 bits per heavy atom. The zero-order valence-corrected chi connectivity index (χ0v) is 17.2. The minimum absolute atomic E-state index is 0.0265. The molecule has 0 saturated carbocycles. The zero-order valence-electron chi connectivity index (χ0n) is 17.2.